The van der Waals surface area contributed by atoms with Gasteiger partial charge in [-0.05, 0) is 35.7 Å². The van der Waals surface area contributed by atoms with E-state index in [1.807, 2.05) is 25.1 Å². The third-order valence-corrected chi connectivity index (χ3v) is 6.44. The highest BCUT2D eigenvalue weighted by Gasteiger charge is 2.24. The number of hydrogen-bond donors (Lipinski definition) is 1. The van der Waals surface area contributed by atoms with Crippen LogP contribution in [-0.4, -0.2) is 65.4 Å². The Morgan fingerprint density at radius 3 is 2.41 bits per heavy atom. The SMILES string of the molecule is COc1ccc(C)cc1N(CC(=O)NCc1ccc(CN2CCOCC2)cc1)S(C)(=O)=O. The van der Waals surface area contributed by atoms with Gasteiger partial charge < -0.3 is 14.8 Å². The van der Waals surface area contributed by atoms with Crippen molar-refractivity contribution in [1.82, 2.24) is 10.2 Å². The molecule has 0 radical (unpaired) electrons. The van der Waals surface area contributed by atoms with E-state index in [2.05, 4.69) is 22.3 Å². The molecule has 1 saturated heterocycles. The largest absolute Gasteiger partial charge is 0.495 e. The molecule has 1 N–H and O–H groups in total. The lowest BCUT2D eigenvalue weighted by molar-refractivity contribution is -0.119. The van der Waals surface area contributed by atoms with Gasteiger partial charge in [-0.25, -0.2) is 8.42 Å². The van der Waals surface area contributed by atoms with Gasteiger partial charge >= 0.3 is 0 Å². The van der Waals surface area contributed by atoms with Crippen molar-refractivity contribution in [1.29, 1.82) is 0 Å². The van der Waals surface area contributed by atoms with E-state index in [0.717, 1.165) is 54.5 Å². The molecule has 0 bridgehead atoms. The summed E-state index contributed by atoms with van der Waals surface area (Å²) in [7, 11) is -2.22. The van der Waals surface area contributed by atoms with Gasteiger partial charge in [0, 0.05) is 26.2 Å². The van der Waals surface area contributed by atoms with Crippen LogP contribution >= 0.6 is 0 Å². The fourth-order valence-corrected chi connectivity index (χ4v) is 4.39. The number of carbonyl (C=O) groups is 1. The molecule has 1 aliphatic heterocycles. The van der Waals surface area contributed by atoms with Crippen LogP contribution in [0.2, 0.25) is 0 Å². The quantitative estimate of drug-likeness (QED) is 0.614. The molecule has 0 saturated carbocycles. The number of benzene rings is 2. The summed E-state index contributed by atoms with van der Waals surface area (Å²) in [4.78, 5) is 14.9. The molecule has 0 aliphatic carbocycles. The molecule has 8 nitrogen and oxygen atoms in total. The molecule has 9 heteroatoms. The highest BCUT2D eigenvalue weighted by molar-refractivity contribution is 7.92. The number of aryl methyl sites for hydroxylation is 1. The van der Waals surface area contributed by atoms with Crippen LogP contribution in [-0.2, 0) is 32.6 Å². The molecular formula is C23H31N3O5S. The molecule has 0 spiro atoms. The van der Waals surface area contributed by atoms with Crippen molar-refractivity contribution in [3.05, 3.63) is 59.2 Å². The number of methoxy groups -OCH3 is 1. The Hall–Kier alpha value is -2.62. The molecule has 3 rings (SSSR count). The third kappa shape index (κ3) is 6.69. The molecule has 1 amide bonds. The molecule has 1 aliphatic rings. The molecule has 2 aromatic rings. The number of sulfonamides is 1. The van der Waals surface area contributed by atoms with Crippen molar-refractivity contribution in [2.24, 2.45) is 0 Å². The number of hydrogen-bond acceptors (Lipinski definition) is 6. The predicted octanol–water partition coefficient (Wildman–Crippen LogP) is 1.92. The number of nitrogens with zero attached hydrogens (tertiary/aromatic N) is 2. The normalized spacial score (nSPS) is 14.7. The van der Waals surface area contributed by atoms with Crippen molar-refractivity contribution in [3.63, 3.8) is 0 Å². The Morgan fingerprint density at radius 2 is 1.78 bits per heavy atom. The molecule has 0 aromatic heterocycles. The second kappa shape index (κ2) is 10.8. The second-order valence-corrected chi connectivity index (χ2v) is 9.83. The topological polar surface area (TPSA) is 88.2 Å². The van der Waals surface area contributed by atoms with Crippen LogP contribution in [0.4, 0.5) is 5.69 Å². The van der Waals surface area contributed by atoms with Gasteiger partial charge in [-0.15, -0.1) is 0 Å². The minimum Gasteiger partial charge on any atom is -0.495 e. The summed E-state index contributed by atoms with van der Waals surface area (Å²) in [5, 5.41) is 2.81. The standard InChI is InChI=1S/C23H31N3O5S/c1-18-4-9-22(30-2)21(14-18)26(32(3,28)29)17-23(27)24-15-19-5-7-20(8-6-19)16-25-10-12-31-13-11-25/h4-9,14H,10-13,15-17H2,1-3H3,(H,24,27). The van der Waals surface area contributed by atoms with E-state index < -0.39 is 15.9 Å². The van der Waals surface area contributed by atoms with E-state index in [1.54, 1.807) is 12.1 Å². The van der Waals surface area contributed by atoms with Crippen molar-refractivity contribution >= 4 is 21.6 Å². The summed E-state index contributed by atoms with van der Waals surface area (Å²) in [6.07, 6.45) is 1.08. The van der Waals surface area contributed by atoms with Crippen molar-refractivity contribution in [3.8, 4) is 5.75 Å². The first-order valence-electron chi connectivity index (χ1n) is 10.5. The van der Waals surface area contributed by atoms with E-state index >= 15 is 0 Å². The lowest BCUT2D eigenvalue weighted by Gasteiger charge is -2.26. The van der Waals surface area contributed by atoms with Crippen LogP contribution < -0.4 is 14.4 Å². The molecule has 1 fully saturated rings. The highest BCUT2D eigenvalue weighted by Crippen LogP contribution is 2.30. The number of carbonyl (C=O) groups excluding carboxylic acids is 1. The zero-order chi connectivity index (χ0) is 23.1. The van der Waals surface area contributed by atoms with Gasteiger partial charge in [-0.2, -0.15) is 0 Å². The van der Waals surface area contributed by atoms with Crippen LogP contribution in [0, 0.1) is 6.92 Å². The second-order valence-electron chi connectivity index (χ2n) is 7.93. The number of amides is 1. The highest BCUT2D eigenvalue weighted by atomic mass is 32.2. The lowest BCUT2D eigenvalue weighted by atomic mass is 10.1. The van der Waals surface area contributed by atoms with Crippen LogP contribution in [0.25, 0.3) is 0 Å². The van der Waals surface area contributed by atoms with Gasteiger partial charge in [0.15, 0.2) is 0 Å². The first-order chi connectivity index (χ1) is 15.3. The average molecular weight is 462 g/mol. The summed E-state index contributed by atoms with van der Waals surface area (Å²) in [5.41, 5.74) is 3.37. The maximum absolute atomic E-state index is 12.6. The van der Waals surface area contributed by atoms with Crippen LogP contribution in [0.1, 0.15) is 16.7 Å². The Bertz CT molecular complexity index is 1020. The number of morpholine rings is 1. The Labute approximate surface area is 190 Å². The van der Waals surface area contributed by atoms with Crippen LogP contribution in [0.15, 0.2) is 42.5 Å². The Balaban J connectivity index is 1.60. The summed E-state index contributed by atoms with van der Waals surface area (Å²) >= 11 is 0. The average Bonchev–Trinajstić information content (AvgIpc) is 2.77. The fourth-order valence-electron chi connectivity index (χ4n) is 3.54. The Morgan fingerprint density at radius 1 is 1.12 bits per heavy atom. The monoisotopic (exact) mass is 461 g/mol. The maximum atomic E-state index is 12.6. The summed E-state index contributed by atoms with van der Waals surface area (Å²) in [6, 6.07) is 13.3. The zero-order valence-corrected chi connectivity index (χ0v) is 19.7. The fraction of sp³-hybridized carbons (Fsp3) is 0.435. The molecule has 2 aromatic carbocycles. The summed E-state index contributed by atoms with van der Waals surface area (Å²) in [5.74, 6) is 0.000981. The molecule has 32 heavy (non-hydrogen) atoms. The lowest BCUT2D eigenvalue weighted by Crippen LogP contribution is -2.40. The molecular weight excluding hydrogens is 430 g/mol. The van der Waals surface area contributed by atoms with E-state index in [0.29, 0.717) is 18.0 Å². The van der Waals surface area contributed by atoms with Gasteiger partial charge in [0.1, 0.15) is 12.3 Å². The summed E-state index contributed by atoms with van der Waals surface area (Å²) in [6.45, 7) is 6.11. The van der Waals surface area contributed by atoms with Gasteiger partial charge in [-0.3, -0.25) is 14.0 Å². The third-order valence-electron chi connectivity index (χ3n) is 5.31. The van der Waals surface area contributed by atoms with Crippen LogP contribution in [0.5, 0.6) is 5.75 Å². The van der Waals surface area contributed by atoms with Crippen molar-refractivity contribution in [2.75, 3.05) is 50.5 Å². The molecule has 0 atom stereocenters. The van der Waals surface area contributed by atoms with Gasteiger partial charge in [-0.1, -0.05) is 30.3 Å². The first-order valence-corrected chi connectivity index (χ1v) is 12.4. The van der Waals surface area contributed by atoms with Gasteiger partial charge in [0.25, 0.3) is 0 Å². The Kier molecular flexibility index (Phi) is 8.11. The van der Waals surface area contributed by atoms with Gasteiger partial charge in [0.05, 0.1) is 32.3 Å². The number of anilines is 1. The van der Waals surface area contributed by atoms with E-state index in [9.17, 15) is 13.2 Å². The van der Waals surface area contributed by atoms with Gasteiger partial charge in [0.2, 0.25) is 15.9 Å². The van der Waals surface area contributed by atoms with E-state index in [4.69, 9.17) is 9.47 Å². The number of ether oxygens (including phenoxy) is 2. The van der Waals surface area contributed by atoms with Crippen LogP contribution in [0.3, 0.4) is 0 Å². The number of rotatable bonds is 9. The minimum atomic E-state index is -3.69. The van der Waals surface area contributed by atoms with Crippen molar-refractivity contribution in [2.45, 2.75) is 20.0 Å². The van der Waals surface area contributed by atoms with E-state index in [-0.39, 0.29) is 6.54 Å². The molecule has 0 unspecified atom stereocenters. The first kappa shape index (κ1) is 24.0. The predicted molar refractivity (Wildman–Crippen MR) is 124 cm³/mol. The maximum Gasteiger partial charge on any atom is 0.241 e. The molecule has 174 valence electrons. The molecule has 1 heterocycles. The summed E-state index contributed by atoms with van der Waals surface area (Å²) < 4.78 is 36.6. The van der Waals surface area contributed by atoms with E-state index in [1.165, 1.54) is 12.7 Å². The smallest absolute Gasteiger partial charge is 0.241 e. The minimum absolute atomic E-state index is 0.319. The van der Waals surface area contributed by atoms with Crippen molar-refractivity contribution < 1.29 is 22.7 Å². The zero-order valence-electron chi connectivity index (χ0n) is 18.8. The number of nitrogens with one attached hydrogen (secondary N) is 1.